The van der Waals surface area contributed by atoms with Crippen LogP contribution in [-0.2, 0) is 6.54 Å². The Hall–Kier alpha value is -1.67. The quantitative estimate of drug-likeness (QED) is 0.664. The third kappa shape index (κ3) is 3.51. The van der Waals surface area contributed by atoms with Crippen LogP contribution in [0.5, 0.6) is 0 Å². The van der Waals surface area contributed by atoms with Gasteiger partial charge >= 0.3 is 0 Å². The molecule has 0 saturated heterocycles. The summed E-state index contributed by atoms with van der Waals surface area (Å²) in [6, 6.07) is 11.3. The van der Waals surface area contributed by atoms with Gasteiger partial charge in [-0.3, -0.25) is 4.79 Å². The van der Waals surface area contributed by atoms with Crippen molar-refractivity contribution in [3.05, 3.63) is 62.9 Å². The Morgan fingerprint density at radius 3 is 2.81 bits per heavy atom. The minimum atomic E-state index is -0.118. The molecule has 1 amide bonds. The molecule has 1 aromatic carbocycles. The maximum absolute atomic E-state index is 12.0. The molecule has 2 heterocycles. The molecule has 3 aromatic rings. The van der Waals surface area contributed by atoms with Crippen molar-refractivity contribution in [1.82, 2.24) is 10.3 Å². The fraction of sp³-hybridized carbons (Fsp3) is 0.0667. The van der Waals surface area contributed by atoms with Gasteiger partial charge in [-0.1, -0.05) is 6.07 Å². The van der Waals surface area contributed by atoms with Crippen LogP contribution >= 0.6 is 33.9 Å². The fourth-order valence-corrected chi connectivity index (χ4v) is 2.79. The molecule has 6 heteroatoms. The Kier molecular flexibility index (Phi) is 4.35. The molecule has 3 rings (SSSR count). The highest BCUT2D eigenvalue weighted by Crippen LogP contribution is 2.23. The van der Waals surface area contributed by atoms with Crippen molar-refractivity contribution in [3.8, 4) is 10.8 Å². The maximum atomic E-state index is 12.0. The first kappa shape index (κ1) is 14.3. The molecule has 0 bridgehead atoms. The second kappa shape index (κ2) is 6.40. The topological polar surface area (TPSA) is 55.1 Å². The molecule has 21 heavy (non-hydrogen) atoms. The van der Waals surface area contributed by atoms with Crippen molar-refractivity contribution in [2.45, 2.75) is 6.54 Å². The summed E-state index contributed by atoms with van der Waals surface area (Å²) in [7, 11) is 0. The summed E-state index contributed by atoms with van der Waals surface area (Å²) >= 11 is 3.77. The maximum Gasteiger partial charge on any atom is 0.251 e. The highest BCUT2D eigenvalue weighted by molar-refractivity contribution is 14.1. The fourth-order valence-electron chi connectivity index (χ4n) is 1.78. The van der Waals surface area contributed by atoms with E-state index in [1.54, 1.807) is 29.7 Å². The van der Waals surface area contributed by atoms with E-state index in [1.807, 2.05) is 29.6 Å². The number of amides is 1. The summed E-state index contributed by atoms with van der Waals surface area (Å²) in [6.45, 7) is 0.347. The third-order valence-corrected chi connectivity index (χ3v) is 4.40. The summed E-state index contributed by atoms with van der Waals surface area (Å²) in [4.78, 5) is 17.3. The monoisotopic (exact) mass is 410 g/mol. The van der Waals surface area contributed by atoms with Gasteiger partial charge in [-0.2, -0.15) is 0 Å². The third-order valence-electron chi connectivity index (χ3n) is 2.82. The lowest BCUT2D eigenvalue weighted by atomic mass is 10.2. The number of hydrogen-bond acceptors (Lipinski definition) is 4. The molecule has 0 aliphatic rings. The predicted molar refractivity (Wildman–Crippen MR) is 90.1 cm³/mol. The molecule has 0 saturated carbocycles. The van der Waals surface area contributed by atoms with E-state index < -0.39 is 0 Å². The number of rotatable bonds is 4. The number of oxazole rings is 1. The normalized spacial score (nSPS) is 10.5. The Balaban J connectivity index is 1.62. The van der Waals surface area contributed by atoms with Crippen LogP contribution in [0.1, 0.15) is 16.1 Å². The molecule has 106 valence electrons. The highest BCUT2D eigenvalue weighted by Gasteiger charge is 2.09. The van der Waals surface area contributed by atoms with Crippen molar-refractivity contribution in [1.29, 1.82) is 0 Å². The second-order valence-corrected chi connectivity index (χ2v) is 6.50. The largest absolute Gasteiger partial charge is 0.443 e. The van der Waals surface area contributed by atoms with Crippen molar-refractivity contribution in [3.63, 3.8) is 0 Å². The van der Waals surface area contributed by atoms with E-state index in [0.717, 1.165) is 8.45 Å². The van der Waals surface area contributed by atoms with Crippen LogP contribution in [0.4, 0.5) is 0 Å². The van der Waals surface area contributed by atoms with E-state index in [2.05, 4.69) is 32.9 Å². The van der Waals surface area contributed by atoms with E-state index in [9.17, 15) is 4.79 Å². The van der Waals surface area contributed by atoms with Gasteiger partial charge in [0.1, 0.15) is 6.26 Å². The smallest absolute Gasteiger partial charge is 0.251 e. The molecular weight excluding hydrogens is 399 g/mol. The van der Waals surface area contributed by atoms with Gasteiger partial charge < -0.3 is 9.73 Å². The molecular formula is C15H11IN2O2S. The minimum absolute atomic E-state index is 0.118. The van der Waals surface area contributed by atoms with Crippen LogP contribution < -0.4 is 5.32 Å². The molecule has 4 nitrogen and oxygen atoms in total. The van der Waals surface area contributed by atoms with Crippen molar-refractivity contribution < 1.29 is 9.21 Å². The van der Waals surface area contributed by atoms with Crippen molar-refractivity contribution in [2.75, 3.05) is 0 Å². The first-order valence-corrected chi connectivity index (χ1v) is 8.20. The van der Waals surface area contributed by atoms with Crippen molar-refractivity contribution in [2.24, 2.45) is 0 Å². The Labute approximate surface area is 139 Å². The number of thiophene rings is 1. The van der Waals surface area contributed by atoms with Gasteiger partial charge in [-0.25, -0.2) is 4.98 Å². The zero-order valence-corrected chi connectivity index (χ0v) is 13.8. The lowest BCUT2D eigenvalue weighted by Gasteiger charge is -2.02. The van der Waals surface area contributed by atoms with Gasteiger partial charge in [-0.05, 0) is 58.3 Å². The average Bonchev–Trinajstić information content (AvgIpc) is 3.16. The average molecular weight is 410 g/mol. The van der Waals surface area contributed by atoms with E-state index in [-0.39, 0.29) is 5.91 Å². The molecule has 0 aliphatic carbocycles. The molecule has 0 atom stereocenters. The second-order valence-electron chi connectivity index (χ2n) is 4.31. The molecule has 1 N–H and O–H groups in total. The van der Waals surface area contributed by atoms with Gasteiger partial charge in [0.05, 0.1) is 17.1 Å². The van der Waals surface area contributed by atoms with Gasteiger partial charge in [0.25, 0.3) is 5.91 Å². The molecule has 0 radical (unpaired) electrons. The number of carbonyl (C=O) groups is 1. The van der Waals surface area contributed by atoms with E-state index in [1.165, 1.54) is 0 Å². The van der Waals surface area contributed by atoms with E-state index in [4.69, 9.17) is 4.42 Å². The highest BCUT2D eigenvalue weighted by atomic mass is 127. The van der Waals surface area contributed by atoms with E-state index in [0.29, 0.717) is 23.7 Å². The molecule has 0 aliphatic heterocycles. The lowest BCUT2D eigenvalue weighted by Crippen LogP contribution is -2.22. The molecule has 2 aromatic heterocycles. The van der Waals surface area contributed by atoms with E-state index >= 15 is 0 Å². The zero-order chi connectivity index (χ0) is 14.7. The minimum Gasteiger partial charge on any atom is -0.443 e. The number of aromatic nitrogens is 1. The van der Waals surface area contributed by atoms with Crippen molar-refractivity contribution >= 4 is 39.8 Å². The number of nitrogens with zero attached hydrogens (tertiary/aromatic N) is 1. The summed E-state index contributed by atoms with van der Waals surface area (Å²) < 4.78 is 6.51. The molecule has 0 fully saturated rings. The number of halogens is 1. The number of hydrogen-bond donors (Lipinski definition) is 1. The Morgan fingerprint density at radius 2 is 2.10 bits per heavy atom. The number of benzene rings is 1. The number of carbonyl (C=O) groups excluding carboxylic acids is 1. The molecule has 0 spiro atoms. The SMILES string of the molecule is O=C(NCc1coc(-c2cccs2)n1)c1ccc(I)cc1. The summed E-state index contributed by atoms with van der Waals surface area (Å²) in [5, 5.41) is 4.80. The lowest BCUT2D eigenvalue weighted by molar-refractivity contribution is 0.0950. The van der Waals surface area contributed by atoms with Gasteiger partial charge in [0.2, 0.25) is 5.89 Å². The van der Waals surface area contributed by atoms with Crippen LogP contribution in [0.15, 0.2) is 52.5 Å². The standard InChI is InChI=1S/C15H11IN2O2S/c16-11-5-3-10(4-6-11)14(19)17-8-12-9-20-15(18-12)13-2-1-7-21-13/h1-7,9H,8H2,(H,17,19). The Bertz CT molecular complexity index is 735. The predicted octanol–water partition coefficient (Wildman–Crippen LogP) is 3.94. The molecule has 0 unspecified atom stereocenters. The number of nitrogens with one attached hydrogen (secondary N) is 1. The van der Waals surface area contributed by atoms with Crippen LogP contribution in [-0.4, -0.2) is 10.9 Å². The van der Waals surface area contributed by atoms with Crippen LogP contribution in [0.3, 0.4) is 0 Å². The summed E-state index contributed by atoms with van der Waals surface area (Å²) in [5.74, 6) is 0.468. The van der Waals surface area contributed by atoms with Crippen LogP contribution in [0.25, 0.3) is 10.8 Å². The zero-order valence-electron chi connectivity index (χ0n) is 10.9. The summed E-state index contributed by atoms with van der Waals surface area (Å²) in [5.41, 5.74) is 1.34. The summed E-state index contributed by atoms with van der Waals surface area (Å²) in [6.07, 6.45) is 1.57. The van der Waals surface area contributed by atoms with Crippen LogP contribution in [0.2, 0.25) is 0 Å². The van der Waals surface area contributed by atoms with Gasteiger partial charge in [0.15, 0.2) is 0 Å². The van der Waals surface area contributed by atoms with Gasteiger partial charge in [0, 0.05) is 9.13 Å². The first-order chi connectivity index (χ1) is 10.2. The van der Waals surface area contributed by atoms with Gasteiger partial charge in [-0.15, -0.1) is 11.3 Å². The van der Waals surface area contributed by atoms with Crippen LogP contribution in [0, 0.1) is 3.57 Å². The Morgan fingerprint density at radius 1 is 1.29 bits per heavy atom. The first-order valence-electron chi connectivity index (χ1n) is 6.24.